The third-order valence-electron chi connectivity index (χ3n) is 3.87. The Morgan fingerprint density at radius 3 is 2.72 bits per heavy atom. The maximum absolute atomic E-state index is 12.2. The summed E-state index contributed by atoms with van der Waals surface area (Å²) in [5.74, 6) is 0.805. The molecule has 0 fully saturated rings. The zero-order valence-corrected chi connectivity index (χ0v) is 14.5. The molecule has 1 N–H and O–H groups in total. The average Bonchev–Trinajstić information content (AvgIpc) is 3.00. The predicted molar refractivity (Wildman–Crippen MR) is 96.4 cm³/mol. The number of amides is 1. The number of carbonyl (C=O) groups excluding carboxylic acids is 1. The van der Waals surface area contributed by atoms with Crippen LogP contribution in [0, 0.1) is 0 Å². The minimum atomic E-state index is -0.0414. The Morgan fingerprint density at radius 1 is 1.20 bits per heavy atom. The Balaban J connectivity index is 1.55. The fourth-order valence-corrected chi connectivity index (χ4v) is 2.74. The third kappa shape index (κ3) is 4.35. The summed E-state index contributed by atoms with van der Waals surface area (Å²) >= 11 is 0. The standard InChI is InChI=1S/C19H22N4O2/c1-3-25-16-10-8-15(9-11-16)12-19(24)20-14(2)13-23-18-7-5-4-6-17(18)21-22-23/h4-11,14H,3,12-13H2,1-2H3,(H,20,24)/t14-/m1/s1. The average molecular weight is 338 g/mol. The number of fused-ring (bicyclic) bond motifs is 1. The smallest absolute Gasteiger partial charge is 0.224 e. The number of ether oxygens (including phenoxy) is 1. The van der Waals surface area contributed by atoms with E-state index >= 15 is 0 Å². The Morgan fingerprint density at radius 2 is 1.96 bits per heavy atom. The van der Waals surface area contributed by atoms with E-state index in [1.165, 1.54) is 0 Å². The van der Waals surface area contributed by atoms with Crippen molar-refractivity contribution in [3.63, 3.8) is 0 Å². The lowest BCUT2D eigenvalue weighted by Gasteiger charge is -2.14. The molecule has 0 radical (unpaired) electrons. The van der Waals surface area contributed by atoms with Crippen LogP contribution in [-0.2, 0) is 17.8 Å². The second kappa shape index (κ2) is 7.79. The van der Waals surface area contributed by atoms with Crippen molar-refractivity contribution in [2.75, 3.05) is 6.61 Å². The van der Waals surface area contributed by atoms with E-state index in [0.717, 1.165) is 22.3 Å². The normalized spacial score (nSPS) is 12.1. The summed E-state index contributed by atoms with van der Waals surface area (Å²) in [5.41, 5.74) is 2.78. The van der Waals surface area contributed by atoms with Gasteiger partial charge in [0.15, 0.2) is 0 Å². The number of rotatable bonds is 7. The second-order valence-corrected chi connectivity index (χ2v) is 5.98. The number of carbonyl (C=O) groups is 1. The minimum Gasteiger partial charge on any atom is -0.494 e. The van der Waals surface area contributed by atoms with Gasteiger partial charge in [0, 0.05) is 6.04 Å². The monoisotopic (exact) mass is 338 g/mol. The minimum absolute atomic E-state index is 0.0129. The van der Waals surface area contributed by atoms with E-state index in [9.17, 15) is 4.79 Å². The van der Waals surface area contributed by atoms with Crippen LogP contribution >= 0.6 is 0 Å². The van der Waals surface area contributed by atoms with Gasteiger partial charge in [-0.2, -0.15) is 0 Å². The molecular formula is C19H22N4O2. The highest BCUT2D eigenvalue weighted by Gasteiger charge is 2.11. The number of benzene rings is 2. The lowest BCUT2D eigenvalue weighted by atomic mass is 10.1. The molecule has 0 bridgehead atoms. The van der Waals surface area contributed by atoms with Crippen LogP contribution in [0.15, 0.2) is 48.5 Å². The molecule has 0 saturated carbocycles. The Hall–Kier alpha value is -2.89. The first kappa shape index (κ1) is 17.0. The van der Waals surface area contributed by atoms with Crippen molar-refractivity contribution in [3.8, 4) is 5.75 Å². The van der Waals surface area contributed by atoms with Gasteiger partial charge in [-0.25, -0.2) is 4.68 Å². The van der Waals surface area contributed by atoms with Crippen molar-refractivity contribution in [1.82, 2.24) is 20.3 Å². The Labute approximate surface area is 146 Å². The van der Waals surface area contributed by atoms with Gasteiger partial charge in [-0.15, -0.1) is 5.10 Å². The van der Waals surface area contributed by atoms with Gasteiger partial charge in [-0.1, -0.05) is 29.5 Å². The molecule has 25 heavy (non-hydrogen) atoms. The molecule has 1 heterocycles. The van der Waals surface area contributed by atoms with Gasteiger partial charge in [-0.3, -0.25) is 4.79 Å². The van der Waals surface area contributed by atoms with Crippen LogP contribution in [0.2, 0.25) is 0 Å². The second-order valence-electron chi connectivity index (χ2n) is 5.98. The summed E-state index contributed by atoms with van der Waals surface area (Å²) in [6.45, 7) is 5.12. The van der Waals surface area contributed by atoms with Crippen LogP contribution in [0.25, 0.3) is 11.0 Å². The fraction of sp³-hybridized carbons (Fsp3) is 0.316. The van der Waals surface area contributed by atoms with Gasteiger partial charge in [0.05, 0.1) is 25.1 Å². The highest BCUT2D eigenvalue weighted by Crippen LogP contribution is 2.13. The molecule has 6 nitrogen and oxygen atoms in total. The van der Waals surface area contributed by atoms with Gasteiger partial charge in [0.1, 0.15) is 11.3 Å². The van der Waals surface area contributed by atoms with E-state index in [4.69, 9.17) is 4.74 Å². The van der Waals surface area contributed by atoms with E-state index < -0.39 is 0 Å². The molecule has 2 aromatic carbocycles. The molecule has 0 saturated heterocycles. The summed E-state index contributed by atoms with van der Waals surface area (Å²) in [6, 6.07) is 15.4. The summed E-state index contributed by atoms with van der Waals surface area (Å²) in [4.78, 5) is 12.2. The van der Waals surface area contributed by atoms with Crippen LogP contribution in [0.4, 0.5) is 0 Å². The van der Waals surface area contributed by atoms with Crippen LogP contribution in [0.3, 0.4) is 0 Å². The van der Waals surface area contributed by atoms with Gasteiger partial charge in [-0.05, 0) is 43.7 Å². The number of nitrogens with one attached hydrogen (secondary N) is 1. The van der Waals surface area contributed by atoms with Crippen LogP contribution in [0.1, 0.15) is 19.4 Å². The Bertz CT molecular complexity index is 842. The molecule has 0 unspecified atom stereocenters. The summed E-state index contributed by atoms with van der Waals surface area (Å²) in [6.07, 6.45) is 0.342. The summed E-state index contributed by atoms with van der Waals surface area (Å²) in [5, 5.41) is 11.3. The number of hydrogen-bond acceptors (Lipinski definition) is 4. The number of nitrogens with zero attached hydrogens (tertiary/aromatic N) is 3. The third-order valence-corrected chi connectivity index (χ3v) is 3.87. The zero-order valence-electron chi connectivity index (χ0n) is 14.5. The van der Waals surface area contributed by atoms with E-state index in [2.05, 4.69) is 15.6 Å². The molecule has 3 aromatic rings. The molecule has 1 atom stereocenters. The fourth-order valence-electron chi connectivity index (χ4n) is 2.74. The Kier molecular flexibility index (Phi) is 5.28. The van der Waals surface area contributed by atoms with Crippen molar-refractivity contribution in [2.24, 2.45) is 0 Å². The molecule has 0 aliphatic carbocycles. The van der Waals surface area contributed by atoms with Crippen molar-refractivity contribution >= 4 is 16.9 Å². The van der Waals surface area contributed by atoms with Gasteiger partial charge < -0.3 is 10.1 Å². The largest absolute Gasteiger partial charge is 0.494 e. The highest BCUT2D eigenvalue weighted by atomic mass is 16.5. The van der Waals surface area contributed by atoms with Crippen molar-refractivity contribution in [2.45, 2.75) is 32.9 Å². The van der Waals surface area contributed by atoms with Gasteiger partial charge >= 0.3 is 0 Å². The molecule has 0 aliphatic heterocycles. The lowest BCUT2D eigenvalue weighted by molar-refractivity contribution is -0.121. The first-order chi connectivity index (χ1) is 12.2. The van der Waals surface area contributed by atoms with Crippen molar-refractivity contribution in [1.29, 1.82) is 0 Å². The molecular weight excluding hydrogens is 316 g/mol. The maximum Gasteiger partial charge on any atom is 0.224 e. The molecule has 1 amide bonds. The lowest BCUT2D eigenvalue weighted by Crippen LogP contribution is -2.36. The number of hydrogen-bond donors (Lipinski definition) is 1. The van der Waals surface area contributed by atoms with Gasteiger partial charge in [0.25, 0.3) is 0 Å². The predicted octanol–water partition coefficient (Wildman–Crippen LogP) is 2.58. The van der Waals surface area contributed by atoms with E-state index in [-0.39, 0.29) is 11.9 Å². The first-order valence-electron chi connectivity index (χ1n) is 8.45. The van der Waals surface area contributed by atoms with E-state index in [0.29, 0.717) is 19.6 Å². The zero-order chi connectivity index (χ0) is 17.6. The quantitative estimate of drug-likeness (QED) is 0.719. The molecule has 0 spiro atoms. The summed E-state index contributed by atoms with van der Waals surface area (Å²) < 4.78 is 7.22. The first-order valence-corrected chi connectivity index (χ1v) is 8.45. The number of para-hydroxylation sites is 1. The molecule has 130 valence electrons. The van der Waals surface area contributed by atoms with Crippen LogP contribution < -0.4 is 10.1 Å². The van der Waals surface area contributed by atoms with Gasteiger partial charge in [0.2, 0.25) is 5.91 Å². The molecule has 6 heteroatoms. The van der Waals surface area contributed by atoms with E-state index in [1.807, 2.05) is 67.1 Å². The van der Waals surface area contributed by atoms with Crippen molar-refractivity contribution < 1.29 is 9.53 Å². The molecule has 3 rings (SSSR count). The highest BCUT2D eigenvalue weighted by molar-refractivity contribution is 5.79. The van der Waals surface area contributed by atoms with Crippen LogP contribution in [-0.4, -0.2) is 33.5 Å². The molecule has 0 aliphatic rings. The van der Waals surface area contributed by atoms with Crippen LogP contribution in [0.5, 0.6) is 5.75 Å². The number of aromatic nitrogens is 3. The van der Waals surface area contributed by atoms with E-state index in [1.54, 1.807) is 0 Å². The maximum atomic E-state index is 12.2. The summed E-state index contributed by atoms with van der Waals surface area (Å²) in [7, 11) is 0. The SMILES string of the molecule is CCOc1ccc(CC(=O)N[C@H](C)Cn2nnc3ccccc32)cc1. The molecule has 1 aromatic heterocycles. The topological polar surface area (TPSA) is 69.0 Å². The van der Waals surface area contributed by atoms with Crippen molar-refractivity contribution in [3.05, 3.63) is 54.1 Å².